The monoisotopic (exact) mass is 212 g/mol. The number of aromatic nitrogens is 1. The Balaban J connectivity index is 2.91. The van der Waals surface area contributed by atoms with Crippen molar-refractivity contribution in [3.05, 3.63) is 45.7 Å². The first kappa shape index (κ1) is 10.4. The van der Waals surface area contributed by atoms with Crippen molar-refractivity contribution in [1.82, 2.24) is 4.57 Å². The van der Waals surface area contributed by atoms with Crippen molar-refractivity contribution in [2.24, 2.45) is 0 Å². The van der Waals surface area contributed by atoms with E-state index in [0.717, 1.165) is 16.8 Å². The Morgan fingerprint density at radius 2 is 2.06 bits per heavy atom. The molecule has 0 aliphatic carbocycles. The summed E-state index contributed by atoms with van der Waals surface area (Å²) in [4.78, 5) is 11.8. The summed E-state index contributed by atoms with van der Waals surface area (Å²) in [7, 11) is 0. The van der Waals surface area contributed by atoms with Crippen molar-refractivity contribution in [2.75, 3.05) is 0 Å². The lowest BCUT2D eigenvalue weighted by atomic mass is 10.1. The van der Waals surface area contributed by atoms with Gasteiger partial charge in [0.1, 0.15) is 6.54 Å². The van der Waals surface area contributed by atoms with Crippen LogP contribution < -0.4 is 5.43 Å². The van der Waals surface area contributed by atoms with Gasteiger partial charge in [-0.15, -0.1) is 0 Å². The van der Waals surface area contributed by atoms with Gasteiger partial charge in [-0.25, -0.2) is 0 Å². The van der Waals surface area contributed by atoms with E-state index in [9.17, 15) is 4.79 Å². The summed E-state index contributed by atoms with van der Waals surface area (Å²) >= 11 is 0. The molecule has 80 valence electrons. The molecule has 16 heavy (non-hydrogen) atoms. The van der Waals surface area contributed by atoms with E-state index in [0.29, 0.717) is 5.39 Å². The van der Waals surface area contributed by atoms with E-state index in [4.69, 9.17) is 5.26 Å². The van der Waals surface area contributed by atoms with Crippen LogP contribution in [0.15, 0.2) is 29.1 Å². The lowest BCUT2D eigenvalue weighted by molar-refractivity contribution is 0.823. The lowest BCUT2D eigenvalue weighted by Crippen LogP contribution is -2.11. The molecular formula is C13H12N2O. The Morgan fingerprint density at radius 3 is 2.75 bits per heavy atom. The van der Waals surface area contributed by atoms with Crippen LogP contribution in [0.3, 0.4) is 0 Å². The van der Waals surface area contributed by atoms with Crippen molar-refractivity contribution in [1.29, 1.82) is 5.26 Å². The summed E-state index contributed by atoms with van der Waals surface area (Å²) in [6.45, 7) is 4.07. The fraction of sp³-hybridized carbons (Fsp3) is 0.231. The van der Waals surface area contributed by atoms with Crippen LogP contribution in [-0.4, -0.2) is 4.57 Å². The largest absolute Gasteiger partial charge is 0.331 e. The molecule has 0 unspecified atom stereocenters. The van der Waals surface area contributed by atoms with Crippen LogP contribution in [0.2, 0.25) is 0 Å². The van der Waals surface area contributed by atoms with Gasteiger partial charge in [0, 0.05) is 17.1 Å². The first-order valence-electron chi connectivity index (χ1n) is 5.11. The second kappa shape index (κ2) is 3.82. The predicted molar refractivity (Wildman–Crippen MR) is 63.3 cm³/mol. The zero-order valence-electron chi connectivity index (χ0n) is 9.32. The molecule has 1 aromatic heterocycles. The minimum atomic E-state index is 0.0189. The number of hydrogen-bond acceptors (Lipinski definition) is 2. The Morgan fingerprint density at radius 1 is 1.31 bits per heavy atom. The number of hydrogen-bond donors (Lipinski definition) is 0. The Bertz CT molecular complexity index is 647. The van der Waals surface area contributed by atoms with Crippen molar-refractivity contribution >= 4 is 10.9 Å². The number of nitriles is 1. The average Bonchev–Trinajstić information content (AvgIpc) is 2.24. The fourth-order valence-corrected chi connectivity index (χ4v) is 1.90. The molecule has 1 aromatic carbocycles. The van der Waals surface area contributed by atoms with E-state index >= 15 is 0 Å². The first-order chi connectivity index (χ1) is 7.63. The van der Waals surface area contributed by atoms with Crippen molar-refractivity contribution in [3.8, 4) is 6.07 Å². The molecule has 3 heteroatoms. The van der Waals surface area contributed by atoms with Crippen LogP contribution in [0.4, 0.5) is 0 Å². The molecule has 0 aliphatic heterocycles. The van der Waals surface area contributed by atoms with E-state index in [-0.39, 0.29) is 12.0 Å². The molecule has 1 heterocycles. The predicted octanol–water partition coefficient (Wildman–Crippen LogP) is 2.14. The Hall–Kier alpha value is -2.08. The van der Waals surface area contributed by atoms with Gasteiger partial charge in [0.15, 0.2) is 5.43 Å². The highest BCUT2D eigenvalue weighted by atomic mass is 16.1. The average molecular weight is 212 g/mol. The molecule has 0 atom stereocenters. The summed E-state index contributed by atoms with van der Waals surface area (Å²) in [5.74, 6) is 0. The molecule has 0 aliphatic rings. The summed E-state index contributed by atoms with van der Waals surface area (Å²) in [6.07, 6.45) is 0. The maximum absolute atomic E-state index is 11.8. The van der Waals surface area contributed by atoms with E-state index in [2.05, 4.69) is 6.07 Å². The minimum Gasteiger partial charge on any atom is -0.331 e. The molecule has 2 aromatic rings. The third kappa shape index (κ3) is 1.59. The number of fused-ring (bicyclic) bond motifs is 1. The van der Waals surface area contributed by atoms with Gasteiger partial charge in [-0.05, 0) is 26.0 Å². The van der Waals surface area contributed by atoms with Gasteiger partial charge in [0.05, 0.1) is 11.6 Å². The maximum Gasteiger partial charge on any atom is 0.189 e. The van der Waals surface area contributed by atoms with Gasteiger partial charge >= 0.3 is 0 Å². The molecular weight excluding hydrogens is 200 g/mol. The van der Waals surface area contributed by atoms with Crippen molar-refractivity contribution in [2.45, 2.75) is 20.4 Å². The molecule has 0 fully saturated rings. The van der Waals surface area contributed by atoms with Crippen LogP contribution in [0.1, 0.15) is 11.3 Å². The summed E-state index contributed by atoms with van der Waals surface area (Å²) < 4.78 is 1.86. The van der Waals surface area contributed by atoms with Gasteiger partial charge < -0.3 is 4.57 Å². The number of aryl methyl sites for hydroxylation is 2. The van der Waals surface area contributed by atoms with Crippen LogP contribution in [0.25, 0.3) is 10.9 Å². The second-order valence-electron chi connectivity index (χ2n) is 3.91. The minimum absolute atomic E-state index is 0.0189. The molecule has 0 amide bonds. The fourth-order valence-electron chi connectivity index (χ4n) is 1.90. The first-order valence-corrected chi connectivity index (χ1v) is 5.11. The normalized spacial score (nSPS) is 10.3. The molecule has 3 nitrogen and oxygen atoms in total. The molecule has 0 radical (unpaired) electrons. The standard InChI is InChI=1S/C13H12N2O/c1-9-3-4-12-11(7-9)13(16)8-10(2)15(12)6-5-14/h3-4,7-8H,6H2,1-2H3. The maximum atomic E-state index is 11.8. The van der Waals surface area contributed by atoms with Gasteiger partial charge in [-0.2, -0.15) is 5.26 Å². The summed E-state index contributed by atoms with van der Waals surface area (Å²) in [5.41, 5.74) is 2.72. The van der Waals surface area contributed by atoms with Crippen LogP contribution >= 0.6 is 0 Å². The van der Waals surface area contributed by atoms with E-state index in [1.54, 1.807) is 6.07 Å². The van der Waals surface area contributed by atoms with Crippen LogP contribution in [-0.2, 0) is 6.54 Å². The molecule has 0 spiro atoms. The van der Waals surface area contributed by atoms with E-state index in [1.807, 2.05) is 36.6 Å². The molecule has 2 rings (SSSR count). The van der Waals surface area contributed by atoms with Crippen LogP contribution in [0.5, 0.6) is 0 Å². The number of rotatable bonds is 1. The third-order valence-corrected chi connectivity index (χ3v) is 2.70. The highest BCUT2D eigenvalue weighted by Crippen LogP contribution is 2.14. The molecule has 0 saturated carbocycles. The van der Waals surface area contributed by atoms with Gasteiger partial charge in [0.2, 0.25) is 0 Å². The van der Waals surface area contributed by atoms with Gasteiger partial charge in [-0.1, -0.05) is 11.6 Å². The molecule has 0 saturated heterocycles. The quantitative estimate of drug-likeness (QED) is 0.727. The van der Waals surface area contributed by atoms with E-state index in [1.165, 1.54) is 0 Å². The zero-order valence-corrected chi connectivity index (χ0v) is 9.32. The van der Waals surface area contributed by atoms with Crippen molar-refractivity contribution in [3.63, 3.8) is 0 Å². The lowest BCUT2D eigenvalue weighted by Gasteiger charge is -2.11. The topological polar surface area (TPSA) is 45.8 Å². The highest BCUT2D eigenvalue weighted by molar-refractivity contribution is 5.80. The van der Waals surface area contributed by atoms with Crippen LogP contribution in [0, 0.1) is 25.2 Å². The highest BCUT2D eigenvalue weighted by Gasteiger charge is 2.05. The second-order valence-corrected chi connectivity index (χ2v) is 3.91. The third-order valence-electron chi connectivity index (χ3n) is 2.70. The Kier molecular flexibility index (Phi) is 2.49. The smallest absolute Gasteiger partial charge is 0.189 e. The SMILES string of the molecule is Cc1ccc2c(c1)c(=O)cc(C)n2CC#N. The number of benzene rings is 1. The zero-order chi connectivity index (χ0) is 11.7. The molecule has 0 N–H and O–H groups in total. The number of nitrogens with zero attached hydrogens (tertiary/aromatic N) is 2. The summed E-state index contributed by atoms with van der Waals surface area (Å²) in [6, 6.07) is 9.41. The van der Waals surface area contributed by atoms with Crippen molar-refractivity contribution < 1.29 is 0 Å². The van der Waals surface area contributed by atoms with E-state index < -0.39 is 0 Å². The number of pyridine rings is 1. The Labute approximate surface area is 93.6 Å². The summed E-state index contributed by atoms with van der Waals surface area (Å²) in [5, 5.41) is 9.46. The van der Waals surface area contributed by atoms with Gasteiger partial charge in [-0.3, -0.25) is 4.79 Å². The van der Waals surface area contributed by atoms with Gasteiger partial charge in [0.25, 0.3) is 0 Å². The molecule has 0 bridgehead atoms.